The fourth-order valence-electron chi connectivity index (χ4n) is 2.03. The lowest BCUT2D eigenvalue weighted by atomic mass is 10.1. The van der Waals surface area contributed by atoms with Gasteiger partial charge in [0.15, 0.2) is 5.82 Å². The molecule has 1 heterocycles. The Bertz CT molecular complexity index is 816. The zero-order valence-corrected chi connectivity index (χ0v) is 12.8. The number of aromatic nitrogens is 2. The molecule has 0 amide bonds. The van der Waals surface area contributed by atoms with Crippen LogP contribution in [0.15, 0.2) is 36.4 Å². The van der Waals surface area contributed by atoms with E-state index in [-0.39, 0.29) is 0 Å². The monoisotopic (exact) mass is 322 g/mol. The van der Waals surface area contributed by atoms with Crippen molar-refractivity contribution in [2.24, 2.45) is 0 Å². The molecule has 3 rings (SSSR count). The SMILES string of the molecule is Cc1c(Cl)ccc2c(Cl)nc(-c3cccc(Cl)c3)nc12. The summed E-state index contributed by atoms with van der Waals surface area (Å²) in [4.78, 5) is 8.91. The number of benzene rings is 2. The number of rotatable bonds is 1. The van der Waals surface area contributed by atoms with Gasteiger partial charge in [0.2, 0.25) is 0 Å². The Morgan fingerprint density at radius 3 is 2.50 bits per heavy atom. The van der Waals surface area contributed by atoms with Crippen LogP contribution in [-0.4, -0.2) is 9.97 Å². The van der Waals surface area contributed by atoms with E-state index in [0.717, 1.165) is 22.0 Å². The number of fused-ring (bicyclic) bond motifs is 1. The minimum absolute atomic E-state index is 0.407. The van der Waals surface area contributed by atoms with Gasteiger partial charge in [-0.2, -0.15) is 0 Å². The zero-order chi connectivity index (χ0) is 14.3. The Hall–Kier alpha value is -1.35. The van der Waals surface area contributed by atoms with Crippen LogP contribution in [0.25, 0.3) is 22.3 Å². The van der Waals surface area contributed by atoms with Gasteiger partial charge in [-0.3, -0.25) is 0 Å². The third-order valence-corrected chi connectivity index (χ3v) is 4.02. The molecule has 5 heteroatoms. The van der Waals surface area contributed by atoms with E-state index in [1.807, 2.05) is 25.1 Å². The summed E-state index contributed by atoms with van der Waals surface area (Å²) in [7, 11) is 0. The lowest BCUT2D eigenvalue weighted by molar-refractivity contribution is 1.22. The first-order valence-corrected chi connectivity index (χ1v) is 7.08. The van der Waals surface area contributed by atoms with Crippen LogP contribution in [-0.2, 0) is 0 Å². The first-order chi connectivity index (χ1) is 9.56. The fourth-order valence-corrected chi connectivity index (χ4v) is 2.60. The Morgan fingerprint density at radius 1 is 0.950 bits per heavy atom. The van der Waals surface area contributed by atoms with Crippen molar-refractivity contribution < 1.29 is 0 Å². The van der Waals surface area contributed by atoms with Crippen molar-refractivity contribution in [1.29, 1.82) is 0 Å². The Kier molecular flexibility index (Phi) is 3.55. The van der Waals surface area contributed by atoms with Gasteiger partial charge in [0.1, 0.15) is 5.15 Å². The van der Waals surface area contributed by atoms with Crippen molar-refractivity contribution in [2.45, 2.75) is 6.92 Å². The van der Waals surface area contributed by atoms with Crippen molar-refractivity contribution in [2.75, 3.05) is 0 Å². The molecule has 0 saturated carbocycles. The maximum atomic E-state index is 6.25. The summed E-state index contributed by atoms with van der Waals surface area (Å²) >= 11 is 18.4. The van der Waals surface area contributed by atoms with Crippen LogP contribution >= 0.6 is 34.8 Å². The molecular weight excluding hydrogens is 315 g/mol. The molecule has 0 aliphatic heterocycles. The molecular formula is C15H9Cl3N2. The van der Waals surface area contributed by atoms with Gasteiger partial charge in [-0.25, -0.2) is 9.97 Å². The minimum Gasteiger partial charge on any atom is -0.228 e. The van der Waals surface area contributed by atoms with E-state index in [0.29, 0.717) is 21.0 Å². The molecule has 0 fully saturated rings. The summed E-state index contributed by atoms with van der Waals surface area (Å²) in [6.45, 7) is 1.91. The first-order valence-electron chi connectivity index (χ1n) is 5.94. The van der Waals surface area contributed by atoms with Crippen LogP contribution in [0.4, 0.5) is 0 Å². The average molecular weight is 324 g/mol. The van der Waals surface area contributed by atoms with Gasteiger partial charge < -0.3 is 0 Å². The molecule has 0 aliphatic carbocycles. The summed E-state index contributed by atoms with van der Waals surface area (Å²) in [6, 6.07) is 11.0. The van der Waals surface area contributed by atoms with Crippen LogP contribution in [0.1, 0.15) is 5.56 Å². The van der Waals surface area contributed by atoms with E-state index in [1.54, 1.807) is 18.2 Å². The summed E-state index contributed by atoms with van der Waals surface area (Å²) in [5, 5.41) is 2.48. The molecule has 3 aromatic rings. The molecule has 0 unspecified atom stereocenters. The van der Waals surface area contributed by atoms with Crippen LogP contribution in [0.2, 0.25) is 15.2 Å². The Morgan fingerprint density at radius 2 is 1.75 bits per heavy atom. The van der Waals surface area contributed by atoms with Gasteiger partial charge in [0, 0.05) is 21.0 Å². The van der Waals surface area contributed by atoms with E-state index in [4.69, 9.17) is 34.8 Å². The normalized spacial score (nSPS) is 11.0. The molecule has 1 aromatic heterocycles. The largest absolute Gasteiger partial charge is 0.228 e. The molecule has 0 N–H and O–H groups in total. The zero-order valence-electron chi connectivity index (χ0n) is 10.5. The molecule has 2 aromatic carbocycles. The molecule has 0 bridgehead atoms. The van der Waals surface area contributed by atoms with Crippen LogP contribution in [0.5, 0.6) is 0 Å². The van der Waals surface area contributed by atoms with E-state index in [1.165, 1.54) is 0 Å². The second-order valence-corrected chi connectivity index (χ2v) is 5.62. The van der Waals surface area contributed by atoms with Crippen molar-refractivity contribution in [1.82, 2.24) is 9.97 Å². The average Bonchev–Trinajstić information content (AvgIpc) is 2.43. The topological polar surface area (TPSA) is 25.8 Å². The quantitative estimate of drug-likeness (QED) is 0.547. The molecule has 20 heavy (non-hydrogen) atoms. The molecule has 0 saturated heterocycles. The van der Waals surface area contributed by atoms with E-state index < -0.39 is 0 Å². The van der Waals surface area contributed by atoms with Gasteiger partial charge in [0.25, 0.3) is 0 Å². The molecule has 100 valence electrons. The summed E-state index contributed by atoms with van der Waals surface area (Å²) < 4.78 is 0. The van der Waals surface area contributed by atoms with Crippen molar-refractivity contribution in [3.05, 3.63) is 57.2 Å². The van der Waals surface area contributed by atoms with Gasteiger partial charge in [-0.05, 0) is 36.8 Å². The van der Waals surface area contributed by atoms with Gasteiger partial charge >= 0.3 is 0 Å². The summed E-state index contributed by atoms with van der Waals surface area (Å²) in [6.07, 6.45) is 0. The van der Waals surface area contributed by atoms with Crippen LogP contribution < -0.4 is 0 Å². The highest BCUT2D eigenvalue weighted by Crippen LogP contribution is 2.30. The fraction of sp³-hybridized carbons (Fsp3) is 0.0667. The number of halogens is 3. The van der Waals surface area contributed by atoms with Crippen molar-refractivity contribution >= 4 is 45.7 Å². The number of hydrogen-bond acceptors (Lipinski definition) is 2. The standard InChI is InChI=1S/C15H9Cl3N2/c1-8-12(17)6-5-11-13(8)19-15(20-14(11)18)9-3-2-4-10(16)7-9/h2-7H,1H3. The van der Waals surface area contributed by atoms with E-state index >= 15 is 0 Å². The predicted molar refractivity (Wildman–Crippen MR) is 84.7 cm³/mol. The van der Waals surface area contributed by atoms with Crippen molar-refractivity contribution in [3.63, 3.8) is 0 Å². The van der Waals surface area contributed by atoms with Crippen LogP contribution in [0.3, 0.4) is 0 Å². The molecule has 0 atom stereocenters. The van der Waals surface area contributed by atoms with Gasteiger partial charge in [-0.15, -0.1) is 0 Å². The first kappa shape index (κ1) is 13.6. The molecule has 2 nitrogen and oxygen atoms in total. The van der Waals surface area contributed by atoms with Gasteiger partial charge in [0.05, 0.1) is 5.52 Å². The lowest BCUT2D eigenvalue weighted by Gasteiger charge is -2.08. The number of hydrogen-bond donors (Lipinski definition) is 0. The maximum absolute atomic E-state index is 6.25. The Balaban J connectivity index is 2.31. The van der Waals surface area contributed by atoms with Crippen molar-refractivity contribution in [3.8, 4) is 11.4 Å². The van der Waals surface area contributed by atoms with Crippen LogP contribution in [0, 0.1) is 6.92 Å². The summed E-state index contributed by atoms with van der Waals surface area (Å²) in [5.41, 5.74) is 2.46. The molecule has 0 spiro atoms. The second kappa shape index (κ2) is 5.21. The highest BCUT2D eigenvalue weighted by molar-refractivity contribution is 6.35. The number of nitrogens with zero attached hydrogens (tertiary/aromatic N) is 2. The highest BCUT2D eigenvalue weighted by atomic mass is 35.5. The number of aryl methyl sites for hydroxylation is 1. The Labute approximate surface area is 131 Å². The van der Waals surface area contributed by atoms with E-state index in [2.05, 4.69) is 9.97 Å². The maximum Gasteiger partial charge on any atom is 0.161 e. The van der Waals surface area contributed by atoms with Gasteiger partial charge in [-0.1, -0.05) is 46.9 Å². The lowest BCUT2D eigenvalue weighted by Crippen LogP contribution is -1.94. The minimum atomic E-state index is 0.407. The third kappa shape index (κ3) is 2.35. The third-order valence-electron chi connectivity index (χ3n) is 3.09. The second-order valence-electron chi connectivity index (χ2n) is 4.42. The smallest absolute Gasteiger partial charge is 0.161 e. The molecule has 0 aliphatic rings. The molecule has 0 radical (unpaired) electrons. The van der Waals surface area contributed by atoms with E-state index in [9.17, 15) is 0 Å². The predicted octanol–water partition coefficient (Wildman–Crippen LogP) is 5.57. The highest BCUT2D eigenvalue weighted by Gasteiger charge is 2.11. The summed E-state index contributed by atoms with van der Waals surface area (Å²) in [5.74, 6) is 0.537.